The maximum Gasteiger partial charge on any atom is 0.252 e. The summed E-state index contributed by atoms with van der Waals surface area (Å²) in [5, 5.41) is 11.2. The molecule has 1 aromatic carbocycles. The molecular formula is C15H16BrFN4O. The lowest BCUT2D eigenvalue weighted by Crippen LogP contribution is -2.25. The maximum absolute atomic E-state index is 13.1. The molecule has 0 saturated carbocycles. The van der Waals surface area contributed by atoms with E-state index < -0.39 is 0 Å². The Morgan fingerprint density at radius 2 is 2.18 bits per heavy atom. The summed E-state index contributed by atoms with van der Waals surface area (Å²) in [6.07, 6.45) is 4.37. The van der Waals surface area contributed by atoms with E-state index in [0.29, 0.717) is 16.6 Å². The Kier molecular flexibility index (Phi) is 4.52. The fourth-order valence-electron chi connectivity index (χ4n) is 2.60. The average molecular weight is 367 g/mol. The number of aryl methyl sites for hydroxylation is 1. The largest absolute Gasteiger partial charge is 0.345 e. The van der Waals surface area contributed by atoms with Crippen LogP contribution in [0.15, 0.2) is 22.7 Å². The van der Waals surface area contributed by atoms with E-state index in [4.69, 9.17) is 0 Å². The molecule has 7 heteroatoms. The number of carbonyl (C=O) groups excluding carboxylic acids is 1. The van der Waals surface area contributed by atoms with E-state index in [1.54, 1.807) is 0 Å². The summed E-state index contributed by atoms with van der Waals surface area (Å²) in [6, 6.07) is 4.00. The van der Waals surface area contributed by atoms with Gasteiger partial charge in [-0.15, -0.1) is 10.2 Å². The van der Waals surface area contributed by atoms with E-state index in [0.717, 1.165) is 37.5 Å². The van der Waals surface area contributed by atoms with Gasteiger partial charge in [0.05, 0.1) is 12.1 Å². The summed E-state index contributed by atoms with van der Waals surface area (Å²) in [6.45, 7) is 1.21. The molecule has 1 aliphatic rings. The Balaban J connectivity index is 1.70. The van der Waals surface area contributed by atoms with Crippen LogP contribution in [0.2, 0.25) is 0 Å². The fourth-order valence-corrected chi connectivity index (χ4v) is 3.14. The van der Waals surface area contributed by atoms with Crippen molar-refractivity contribution in [3.05, 3.63) is 45.7 Å². The van der Waals surface area contributed by atoms with E-state index in [1.165, 1.54) is 24.6 Å². The highest BCUT2D eigenvalue weighted by Gasteiger charge is 2.16. The van der Waals surface area contributed by atoms with Gasteiger partial charge in [-0.1, -0.05) is 6.42 Å². The van der Waals surface area contributed by atoms with Crippen molar-refractivity contribution in [2.75, 3.05) is 0 Å². The van der Waals surface area contributed by atoms with E-state index in [1.807, 2.05) is 0 Å². The van der Waals surface area contributed by atoms with E-state index in [9.17, 15) is 9.18 Å². The molecule has 0 atom stereocenters. The third-order valence-electron chi connectivity index (χ3n) is 3.77. The molecule has 1 aliphatic heterocycles. The van der Waals surface area contributed by atoms with Crippen LogP contribution in [0.3, 0.4) is 0 Å². The van der Waals surface area contributed by atoms with E-state index in [-0.39, 0.29) is 11.7 Å². The van der Waals surface area contributed by atoms with Crippen LogP contribution >= 0.6 is 15.9 Å². The molecule has 0 unspecified atom stereocenters. The smallest absolute Gasteiger partial charge is 0.252 e. The van der Waals surface area contributed by atoms with Crippen molar-refractivity contribution in [3.63, 3.8) is 0 Å². The van der Waals surface area contributed by atoms with Crippen molar-refractivity contribution in [2.24, 2.45) is 0 Å². The molecule has 0 radical (unpaired) electrons. The molecule has 116 valence electrons. The minimum Gasteiger partial charge on any atom is -0.345 e. The molecule has 0 bridgehead atoms. The number of aromatic nitrogens is 3. The zero-order chi connectivity index (χ0) is 15.5. The second kappa shape index (κ2) is 6.56. The van der Waals surface area contributed by atoms with Gasteiger partial charge in [0.15, 0.2) is 5.82 Å². The minimum absolute atomic E-state index is 0.266. The van der Waals surface area contributed by atoms with Crippen LogP contribution in [0.25, 0.3) is 0 Å². The lowest BCUT2D eigenvalue weighted by Gasteiger charge is -2.09. The first-order chi connectivity index (χ1) is 10.6. The summed E-state index contributed by atoms with van der Waals surface area (Å²) < 4.78 is 15.6. The number of nitrogens with one attached hydrogen (secondary N) is 1. The molecule has 5 nitrogen and oxygen atoms in total. The molecule has 1 amide bonds. The highest BCUT2D eigenvalue weighted by molar-refractivity contribution is 9.10. The molecular weight excluding hydrogens is 351 g/mol. The highest BCUT2D eigenvalue weighted by Crippen LogP contribution is 2.18. The second-order valence-electron chi connectivity index (χ2n) is 5.30. The van der Waals surface area contributed by atoms with Gasteiger partial charge in [-0.25, -0.2) is 4.39 Å². The van der Waals surface area contributed by atoms with Crippen LogP contribution in [-0.2, 0) is 19.5 Å². The quantitative estimate of drug-likeness (QED) is 0.908. The number of benzene rings is 1. The summed E-state index contributed by atoms with van der Waals surface area (Å²) in [7, 11) is 0. The number of carbonyl (C=O) groups is 1. The molecule has 3 rings (SSSR count). The summed E-state index contributed by atoms with van der Waals surface area (Å²) in [5.74, 6) is 1.11. The van der Waals surface area contributed by atoms with Gasteiger partial charge >= 0.3 is 0 Å². The second-order valence-corrected chi connectivity index (χ2v) is 6.16. The monoisotopic (exact) mass is 366 g/mol. The van der Waals surface area contributed by atoms with E-state index >= 15 is 0 Å². The molecule has 0 spiro atoms. The topological polar surface area (TPSA) is 59.8 Å². The standard InChI is InChI=1S/C15H16BrFN4O/c16-12-8-10(17)5-6-11(12)15(22)18-9-14-20-19-13-4-2-1-3-7-21(13)14/h5-6,8H,1-4,7,9H2,(H,18,22). The van der Waals surface area contributed by atoms with Crippen molar-refractivity contribution in [3.8, 4) is 0 Å². The predicted octanol–water partition coefficient (Wildman–Crippen LogP) is 2.84. The lowest BCUT2D eigenvalue weighted by molar-refractivity contribution is 0.0948. The van der Waals surface area contributed by atoms with Gasteiger partial charge < -0.3 is 9.88 Å². The molecule has 22 heavy (non-hydrogen) atoms. The van der Waals surface area contributed by atoms with Crippen LogP contribution < -0.4 is 5.32 Å². The highest BCUT2D eigenvalue weighted by atomic mass is 79.9. The first kappa shape index (κ1) is 15.1. The van der Waals surface area contributed by atoms with Crippen LogP contribution in [0, 0.1) is 5.82 Å². The third kappa shape index (κ3) is 3.19. The number of rotatable bonds is 3. The number of hydrogen-bond acceptors (Lipinski definition) is 3. The van der Waals surface area contributed by atoms with Crippen molar-refractivity contribution in [1.82, 2.24) is 20.1 Å². The van der Waals surface area contributed by atoms with Crippen molar-refractivity contribution >= 4 is 21.8 Å². The summed E-state index contributed by atoms with van der Waals surface area (Å²) >= 11 is 3.20. The summed E-state index contributed by atoms with van der Waals surface area (Å²) in [5.41, 5.74) is 0.400. The minimum atomic E-state index is -0.383. The average Bonchev–Trinajstić information content (AvgIpc) is 2.72. The molecule has 0 fully saturated rings. The van der Waals surface area contributed by atoms with Crippen LogP contribution in [-0.4, -0.2) is 20.7 Å². The van der Waals surface area contributed by atoms with Gasteiger partial charge in [0.1, 0.15) is 11.6 Å². The molecule has 1 aromatic heterocycles. The maximum atomic E-state index is 13.1. The molecule has 1 N–H and O–H groups in total. The molecule has 0 aliphatic carbocycles. The zero-order valence-electron chi connectivity index (χ0n) is 12.0. The van der Waals surface area contributed by atoms with Gasteiger partial charge in [-0.2, -0.15) is 0 Å². The third-order valence-corrected chi connectivity index (χ3v) is 4.43. The Morgan fingerprint density at radius 3 is 3.00 bits per heavy atom. The van der Waals surface area contributed by atoms with Gasteiger partial charge in [-0.05, 0) is 47.0 Å². The SMILES string of the molecule is O=C(NCc1nnc2n1CCCCC2)c1ccc(F)cc1Br. The van der Waals surface area contributed by atoms with Crippen molar-refractivity contribution in [1.29, 1.82) is 0 Å². The Morgan fingerprint density at radius 1 is 1.32 bits per heavy atom. The number of amides is 1. The number of hydrogen-bond donors (Lipinski definition) is 1. The normalized spacial score (nSPS) is 14.3. The first-order valence-corrected chi connectivity index (χ1v) is 8.08. The number of fused-ring (bicyclic) bond motifs is 1. The molecule has 2 heterocycles. The summed E-state index contributed by atoms with van der Waals surface area (Å²) in [4.78, 5) is 12.2. The van der Waals surface area contributed by atoms with Gasteiger partial charge in [-0.3, -0.25) is 4.79 Å². The van der Waals surface area contributed by atoms with Crippen molar-refractivity contribution < 1.29 is 9.18 Å². The van der Waals surface area contributed by atoms with Gasteiger partial charge in [0, 0.05) is 17.4 Å². The zero-order valence-corrected chi connectivity index (χ0v) is 13.6. The number of halogens is 2. The van der Waals surface area contributed by atoms with Crippen molar-refractivity contribution in [2.45, 2.75) is 38.8 Å². The molecule has 0 saturated heterocycles. The van der Waals surface area contributed by atoms with Crippen LogP contribution in [0.1, 0.15) is 41.3 Å². The van der Waals surface area contributed by atoms with Gasteiger partial charge in [0.2, 0.25) is 0 Å². The Bertz CT molecular complexity index is 701. The Hall–Kier alpha value is -1.76. The van der Waals surface area contributed by atoms with Crippen LogP contribution in [0.5, 0.6) is 0 Å². The fraction of sp³-hybridized carbons (Fsp3) is 0.400. The molecule has 2 aromatic rings. The first-order valence-electron chi connectivity index (χ1n) is 7.29. The lowest BCUT2D eigenvalue weighted by atomic mass is 10.2. The number of nitrogens with zero attached hydrogens (tertiary/aromatic N) is 3. The van der Waals surface area contributed by atoms with E-state index in [2.05, 4.69) is 36.0 Å². The predicted molar refractivity (Wildman–Crippen MR) is 82.8 cm³/mol. The van der Waals surface area contributed by atoms with Gasteiger partial charge in [0.25, 0.3) is 5.91 Å². The van der Waals surface area contributed by atoms with Crippen LogP contribution in [0.4, 0.5) is 4.39 Å². The Labute approximate surface area is 136 Å².